The van der Waals surface area contributed by atoms with Crippen LogP contribution in [0.4, 0.5) is 0 Å². The SMILES string of the molecule is CNCC1CCCN(CC2(CC#N)CC2)C1. The molecule has 2 fully saturated rings. The van der Waals surface area contributed by atoms with Crippen molar-refractivity contribution in [3.8, 4) is 6.07 Å². The third kappa shape index (κ3) is 2.96. The summed E-state index contributed by atoms with van der Waals surface area (Å²) in [5.74, 6) is 0.816. The third-order valence-corrected chi connectivity index (χ3v) is 4.07. The molecule has 1 atom stereocenters. The van der Waals surface area contributed by atoms with Gasteiger partial charge >= 0.3 is 0 Å². The van der Waals surface area contributed by atoms with Crippen molar-refractivity contribution < 1.29 is 0 Å². The van der Waals surface area contributed by atoms with Crippen LogP contribution in [0.25, 0.3) is 0 Å². The number of rotatable bonds is 5. The standard InChI is InChI=1S/C13H23N3/c1-15-9-12-3-2-8-16(10-12)11-13(4-5-13)6-7-14/h12,15H,2-6,8-11H2,1H3. The molecule has 0 spiro atoms. The highest BCUT2D eigenvalue weighted by Crippen LogP contribution is 2.49. The minimum Gasteiger partial charge on any atom is -0.319 e. The average molecular weight is 221 g/mol. The van der Waals surface area contributed by atoms with Crippen molar-refractivity contribution in [1.82, 2.24) is 10.2 Å². The molecule has 0 aromatic heterocycles. The van der Waals surface area contributed by atoms with Crippen LogP contribution in [0, 0.1) is 22.7 Å². The lowest BCUT2D eigenvalue weighted by atomic mass is 9.95. The van der Waals surface area contributed by atoms with Gasteiger partial charge in [-0.3, -0.25) is 0 Å². The zero-order chi connectivity index (χ0) is 11.4. The van der Waals surface area contributed by atoms with Crippen LogP contribution in [0.1, 0.15) is 32.1 Å². The van der Waals surface area contributed by atoms with Gasteiger partial charge in [-0.15, -0.1) is 0 Å². The lowest BCUT2D eigenvalue weighted by Crippen LogP contribution is -2.41. The summed E-state index contributed by atoms with van der Waals surface area (Å²) in [4.78, 5) is 2.59. The largest absolute Gasteiger partial charge is 0.319 e. The fraction of sp³-hybridized carbons (Fsp3) is 0.923. The minimum absolute atomic E-state index is 0.385. The zero-order valence-corrected chi connectivity index (χ0v) is 10.3. The van der Waals surface area contributed by atoms with E-state index < -0.39 is 0 Å². The molecule has 0 amide bonds. The van der Waals surface area contributed by atoms with E-state index in [-0.39, 0.29) is 0 Å². The molecule has 3 heteroatoms. The number of likely N-dealkylation sites (tertiary alicyclic amines) is 1. The first-order chi connectivity index (χ1) is 7.78. The van der Waals surface area contributed by atoms with Gasteiger partial charge < -0.3 is 10.2 Å². The summed E-state index contributed by atoms with van der Waals surface area (Å²) >= 11 is 0. The second-order valence-corrected chi connectivity index (χ2v) is 5.64. The van der Waals surface area contributed by atoms with Crippen LogP contribution in [-0.4, -0.2) is 38.1 Å². The Labute approximate surface area is 98.8 Å². The fourth-order valence-corrected chi connectivity index (χ4v) is 2.96. The molecular formula is C13H23N3. The first-order valence-corrected chi connectivity index (χ1v) is 6.52. The molecule has 0 radical (unpaired) electrons. The molecule has 1 N–H and O–H groups in total. The Bertz CT molecular complexity index is 263. The summed E-state index contributed by atoms with van der Waals surface area (Å²) in [6.45, 7) is 4.78. The average Bonchev–Trinajstić information content (AvgIpc) is 2.99. The van der Waals surface area contributed by atoms with E-state index >= 15 is 0 Å². The van der Waals surface area contributed by atoms with E-state index in [1.54, 1.807) is 0 Å². The van der Waals surface area contributed by atoms with Crippen LogP contribution in [0.5, 0.6) is 0 Å². The summed E-state index contributed by atoms with van der Waals surface area (Å²) in [6.07, 6.45) is 6.00. The highest BCUT2D eigenvalue weighted by molar-refractivity contribution is 5.01. The van der Waals surface area contributed by atoms with Crippen LogP contribution in [-0.2, 0) is 0 Å². The van der Waals surface area contributed by atoms with Gasteiger partial charge in [0.25, 0.3) is 0 Å². The van der Waals surface area contributed by atoms with Crippen LogP contribution in [0.3, 0.4) is 0 Å². The maximum absolute atomic E-state index is 8.83. The summed E-state index contributed by atoms with van der Waals surface area (Å²) in [5, 5.41) is 12.1. The Morgan fingerprint density at radius 1 is 1.50 bits per heavy atom. The molecule has 16 heavy (non-hydrogen) atoms. The van der Waals surface area contributed by atoms with Crippen molar-refractivity contribution in [2.45, 2.75) is 32.1 Å². The predicted molar refractivity (Wildman–Crippen MR) is 65.0 cm³/mol. The van der Waals surface area contributed by atoms with Crippen LogP contribution in [0.2, 0.25) is 0 Å². The molecule has 2 aliphatic rings. The number of nitriles is 1. The van der Waals surface area contributed by atoms with Gasteiger partial charge in [-0.1, -0.05) is 0 Å². The number of hydrogen-bond acceptors (Lipinski definition) is 3. The molecule has 3 nitrogen and oxygen atoms in total. The molecule has 0 aromatic carbocycles. The smallest absolute Gasteiger partial charge is 0.0628 e. The van der Waals surface area contributed by atoms with Crippen LogP contribution < -0.4 is 5.32 Å². The van der Waals surface area contributed by atoms with Gasteiger partial charge in [0.2, 0.25) is 0 Å². The van der Waals surface area contributed by atoms with Crippen molar-refractivity contribution in [3.63, 3.8) is 0 Å². The highest BCUT2D eigenvalue weighted by Gasteiger charge is 2.44. The third-order valence-electron chi connectivity index (χ3n) is 4.07. The highest BCUT2D eigenvalue weighted by atomic mass is 15.1. The van der Waals surface area contributed by atoms with E-state index in [2.05, 4.69) is 16.3 Å². The van der Waals surface area contributed by atoms with Gasteiger partial charge in [0.1, 0.15) is 0 Å². The van der Waals surface area contributed by atoms with Gasteiger partial charge in [-0.2, -0.15) is 5.26 Å². The van der Waals surface area contributed by atoms with E-state index in [1.807, 2.05) is 7.05 Å². The Morgan fingerprint density at radius 2 is 2.31 bits per heavy atom. The number of hydrogen-bond donors (Lipinski definition) is 1. The molecule has 1 saturated carbocycles. The first kappa shape index (κ1) is 11.9. The molecule has 1 aliphatic heterocycles. The Balaban J connectivity index is 1.79. The molecule has 0 bridgehead atoms. The number of nitrogens with one attached hydrogen (secondary N) is 1. The van der Waals surface area contributed by atoms with Crippen LogP contribution in [0.15, 0.2) is 0 Å². The predicted octanol–water partition coefficient (Wildman–Crippen LogP) is 1.61. The molecule has 2 rings (SSSR count). The first-order valence-electron chi connectivity index (χ1n) is 6.52. The van der Waals surface area contributed by atoms with Gasteiger partial charge in [0.15, 0.2) is 0 Å². The van der Waals surface area contributed by atoms with E-state index in [0.29, 0.717) is 5.41 Å². The second-order valence-electron chi connectivity index (χ2n) is 5.64. The number of nitrogens with zero attached hydrogens (tertiary/aromatic N) is 2. The summed E-state index contributed by atoms with van der Waals surface area (Å²) in [7, 11) is 2.04. The van der Waals surface area contributed by atoms with Gasteiger partial charge in [-0.05, 0) is 57.2 Å². The maximum atomic E-state index is 8.83. The quantitative estimate of drug-likeness (QED) is 0.766. The zero-order valence-electron chi connectivity index (χ0n) is 10.3. The summed E-state index contributed by atoms with van der Waals surface area (Å²) in [6, 6.07) is 2.36. The van der Waals surface area contributed by atoms with E-state index in [9.17, 15) is 0 Å². The molecule has 1 saturated heterocycles. The maximum Gasteiger partial charge on any atom is 0.0628 e. The van der Waals surface area contributed by atoms with Crippen LogP contribution >= 0.6 is 0 Å². The lowest BCUT2D eigenvalue weighted by molar-refractivity contribution is 0.145. The second kappa shape index (κ2) is 5.16. The molecule has 0 aromatic rings. The normalized spacial score (nSPS) is 28.6. The fourth-order valence-electron chi connectivity index (χ4n) is 2.96. The van der Waals surface area contributed by atoms with Gasteiger partial charge in [0.05, 0.1) is 6.07 Å². The Morgan fingerprint density at radius 3 is 2.94 bits per heavy atom. The molecule has 1 heterocycles. The van der Waals surface area contributed by atoms with Crippen molar-refractivity contribution in [2.75, 3.05) is 33.2 Å². The topological polar surface area (TPSA) is 39.1 Å². The summed E-state index contributed by atoms with van der Waals surface area (Å²) < 4.78 is 0. The van der Waals surface area contributed by atoms with Gasteiger partial charge in [0, 0.05) is 19.5 Å². The van der Waals surface area contributed by atoms with Gasteiger partial charge in [-0.25, -0.2) is 0 Å². The van der Waals surface area contributed by atoms with E-state index in [0.717, 1.165) is 18.9 Å². The Kier molecular flexibility index (Phi) is 3.83. The number of piperidine rings is 1. The molecule has 1 unspecified atom stereocenters. The van der Waals surface area contributed by atoms with E-state index in [1.165, 1.54) is 45.3 Å². The lowest BCUT2D eigenvalue weighted by Gasteiger charge is -2.34. The molecule has 1 aliphatic carbocycles. The monoisotopic (exact) mass is 221 g/mol. The molecular weight excluding hydrogens is 198 g/mol. The Hall–Kier alpha value is -0.590. The van der Waals surface area contributed by atoms with Crippen molar-refractivity contribution in [2.24, 2.45) is 11.3 Å². The van der Waals surface area contributed by atoms with Crippen molar-refractivity contribution in [1.29, 1.82) is 5.26 Å². The summed E-state index contributed by atoms with van der Waals surface area (Å²) in [5.41, 5.74) is 0.385. The van der Waals surface area contributed by atoms with Crippen molar-refractivity contribution in [3.05, 3.63) is 0 Å². The molecule has 90 valence electrons. The van der Waals surface area contributed by atoms with E-state index in [4.69, 9.17) is 5.26 Å². The van der Waals surface area contributed by atoms with Crippen molar-refractivity contribution >= 4 is 0 Å². The minimum atomic E-state index is 0.385.